The lowest BCUT2D eigenvalue weighted by atomic mass is 9.78. The van der Waals surface area contributed by atoms with Gasteiger partial charge < -0.3 is 20.5 Å². The van der Waals surface area contributed by atoms with Crippen LogP contribution in [0.5, 0.6) is 5.75 Å². The van der Waals surface area contributed by atoms with Crippen LogP contribution in [0.1, 0.15) is 45.1 Å². The third-order valence-corrected chi connectivity index (χ3v) is 5.57. The van der Waals surface area contributed by atoms with Gasteiger partial charge in [0.15, 0.2) is 16.6 Å². The van der Waals surface area contributed by atoms with E-state index in [9.17, 15) is 9.90 Å². The summed E-state index contributed by atoms with van der Waals surface area (Å²) in [6, 6.07) is 5.01. The lowest BCUT2D eigenvalue weighted by Gasteiger charge is -2.35. The summed E-state index contributed by atoms with van der Waals surface area (Å²) in [5.41, 5.74) is 1.92. The molecule has 0 spiro atoms. The molecule has 0 unspecified atom stereocenters. The maximum Gasteiger partial charge on any atom is 0.273 e. The maximum atomic E-state index is 12.5. The van der Waals surface area contributed by atoms with E-state index in [-0.39, 0.29) is 16.5 Å². The average molecular weight is 458 g/mol. The van der Waals surface area contributed by atoms with Crippen LogP contribution >= 0.6 is 11.6 Å². The minimum atomic E-state index is -2.71. The Bertz CT molecular complexity index is 1270. The summed E-state index contributed by atoms with van der Waals surface area (Å²) in [4.78, 5) is 21.4. The summed E-state index contributed by atoms with van der Waals surface area (Å²) in [5.74, 6) is -0.547. The highest BCUT2D eigenvalue weighted by Gasteiger charge is 2.37. The molecular weight excluding hydrogens is 432 g/mol. The number of amides is 1. The van der Waals surface area contributed by atoms with Crippen molar-refractivity contribution in [1.82, 2.24) is 25.5 Å². The number of hydrogen-bond acceptors (Lipinski definition) is 8. The molecule has 1 aliphatic carbocycles. The molecule has 3 N–H and O–H groups in total. The summed E-state index contributed by atoms with van der Waals surface area (Å²) >= 11 is 5.99. The molecule has 0 atom stereocenters. The second-order valence-corrected chi connectivity index (χ2v) is 7.96. The Kier molecular flexibility index (Phi) is 4.96. The van der Waals surface area contributed by atoms with Gasteiger partial charge in [-0.15, -0.1) is 10.2 Å². The van der Waals surface area contributed by atoms with Gasteiger partial charge in [-0.25, -0.2) is 0 Å². The van der Waals surface area contributed by atoms with E-state index in [4.69, 9.17) is 20.5 Å². The van der Waals surface area contributed by atoms with E-state index in [0.29, 0.717) is 41.2 Å². The number of halogens is 1. The van der Waals surface area contributed by atoms with Gasteiger partial charge in [0.25, 0.3) is 5.91 Å². The van der Waals surface area contributed by atoms with Gasteiger partial charge in [0.05, 0.1) is 42.3 Å². The molecule has 4 rings (SSSR count). The van der Waals surface area contributed by atoms with Crippen LogP contribution in [0.4, 0.5) is 11.4 Å². The van der Waals surface area contributed by atoms with Crippen molar-refractivity contribution in [3.63, 3.8) is 0 Å². The van der Waals surface area contributed by atoms with Gasteiger partial charge in [-0.3, -0.25) is 14.8 Å². The molecule has 9 nitrogen and oxygen atoms in total. The molecule has 1 amide bonds. The molecule has 2 aromatic heterocycles. The molecule has 1 saturated carbocycles. The fourth-order valence-corrected chi connectivity index (χ4v) is 3.73. The van der Waals surface area contributed by atoms with Gasteiger partial charge in [-0.05, 0) is 43.9 Å². The summed E-state index contributed by atoms with van der Waals surface area (Å²) in [6.07, 6.45) is 5.40. The number of aliphatic hydroxyl groups is 1. The van der Waals surface area contributed by atoms with Crippen molar-refractivity contribution < 1.29 is 18.8 Å². The minimum Gasteiger partial charge on any atom is -0.494 e. The van der Waals surface area contributed by atoms with Crippen LogP contribution in [0.2, 0.25) is 5.15 Å². The predicted molar refractivity (Wildman–Crippen MR) is 120 cm³/mol. The van der Waals surface area contributed by atoms with Crippen LogP contribution < -0.4 is 15.4 Å². The Labute approximate surface area is 194 Å². The molecule has 0 radical (unpaired) electrons. The number of aromatic nitrogens is 4. The van der Waals surface area contributed by atoms with E-state index in [0.717, 1.165) is 12.0 Å². The van der Waals surface area contributed by atoms with Crippen LogP contribution in [-0.2, 0) is 5.60 Å². The first-order chi connectivity index (χ1) is 16.5. The monoisotopic (exact) mass is 457 g/mol. The molecule has 1 aromatic carbocycles. The number of hydrogen-bond donors (Lipinski definition) is 3. The van der Waals surface area contributed by atoms with E-state index in [2.05, 4.69) is 25.5 Å². The van der Waals surface area contributed by atoms with Crippen molar-refractivity contribution in [1.29, 1.82) is 0 Å². The van der Waals surface area contributed by atoms with Crippen molar-refractivity contribution in [2.24, 2.45) is 0 Å². The highest BCUT2D eigenvalue weighted by molar-refractivity contribution is 6.29. The largest absolute Gasteiger partial charge is 0.494 e. The van der Waals surface area contributed by atoms with Crippen LogP contribution in [0.3, 0.4) is 0 Å². The van der Waals surface area contributed by atoms with Gasteiger partial charge >= 0.3 is 0 Å². The van der Waals surface area contributed by atoms with E-state index in [1.165, 1.54) is 13.2 Å². The number of carbonyl (C=O) groups is 1. The normalized spacial score (nSPS) is 16.2. The Balaban J connectivity index is 1.72. The first-order valence-corrected chi connectivity index (χ1v) is 10.2. The molecule has 10 heteroatoms. The fraction of sp³-hybridized carbons (Fsp3) is 0.318. The molecule has 0 bridgehead atoms. The van der Waals surface area contributed by atoms with Gasteiger partial charge in [-0.2, -0.15) is 0 Å². The maximum absolute atomic E-state index is 12.5. The van der Waals surface area contributed by atoms with Crippen molar-refractivity contribution >= 4 is 28.9 Å². The molecular formula is C22H23ClN6O3. The molecule has 0 aliphatic heterocycles. The molecule has 32 heavy (non-hydrogen) atoms. The highest BCUT2D eigenvalue weighted by Crippen LogP contribution is 2.41. The smallest absolute Gasteiger partial charge is 0.273 e. The van der Waals surface area contributed by atoms with Crippen LogP contribution in [0.25, 0.3) is 11.3 Å². The van der Waals surface area contributed by atoms with Crippen molar-refractivity contribution in [2.45, 2.75) is 31.8 Å². The van der Waals surface area contributed by atoms with Gasteiger partial charge in [-0.1, -0.05) is 11.6 Å². The topological polar surface area (TPSA) is 122 Å². The number of aryl methyl sites for hydroxylation is 1. The lowest BCUT2D eigenvalue weighted by molar-refractivity contribution is -0.0429. The van der Waals surface area contributed by atoms with Crippen LogP contribution in [0, 0.1) is 6.92 Å². The standard InChI is InChI=1S/C22H23ClN6O3/c1-12-7-13(16-10-26-17(11-25-16)22(31)5-4-6-22)20(32-3)15(8-12)27-14-9-18(23)28-29-19(14)21(30)24-2/h7-11,31H,4-6H2,1-3H3,(H,24,30)(H,27,28)/i2D3. The zero-order valence-corrected chi connectivity index (χ0v) is 18.2. The van der Waals surface area contributed by atoms with Gasteiger partial charge in [0.2, 0.25) is 0 Å². The molecule has 1 fully saturated rings. The molecule has 1 aliphatic rings. The van der Waals surface area contributed by atoms with Crippen LogP contribution in [0.15, 0.2) is 30.6 Å². The fourth-order valence-electron chi connectivity index (χ4n) is 3.59. The molecule has 2 heterocycles. The second-order valence-electron chi connectivity index (χ2n) is 7.57. The quantitative estimate of drug-likeness (QED) is 0.515. The van der Waals surface area contributed by atoms with E-state index < -0.39 is 18.5 Å². The Hall–Kier alpha value is -3.30. The zero-order valence-electron chi connectivity index (χ0n) is 20.4. The van der Waals surface area contributed by atoms with Crippen LogP contribution in [-0.4, -0.2) is 45.3 Å². The highest BCUT2D eigenvalue weighted by atomic mass is 35.5. The third kappa shape index (κ3) is 4.09. The van der Waals surface area contributed by atoms with Crippen molar-refractivity contribution in [3.05, 3.63) is 52.7 Å². The minimum absolute atomic E-state index is 0.000148. The van der Waals surface area contributed by atoms with Crippen molar-refractivity contribution in [2.75, 3.05) is 19.4 Å². The predicted octanol–water partition coefficient (Wildman–Crippen LogP) is 3.38. The van der Waals surface area contributed by atoms with E-state index >= 15 is 0 Å². The summed E-state index contributed by atoms with van der Waals surface area (Å²) in [6.45, 7) is -0.839. The molecule has 166 valence electrons. The van der Waals surface area contributed by atoms with Crippen molar-refractivity contribution in [3.8, 4) is 17.0 Å². The number of benzene rings is 1. The second kappa shape index (κ2) is 8.68. The van der Waals surface area contributed by atoms with Gasteiger partial charge in [0.1, 0.15) is 5.60 Å². The summed E-state index contributed by atoms with van der Waals surface area (Å²) < 4.78 is 27.5. The van der Waals surface area contributed by atoms with Gasteiger partial charge in [0, 0.05) is 22.7 Å². The molecule has 3 aromatic rings. The van der Waals surface area contributed by atoms with E-state index in [1.807, 2.05) is 18.3 Å². The third-order valence-electron chi connectivity index (χ3n) is 5.38. The zero-order chi connectivity index (χ0) is 25.4. The number of anilines is 2. The Morgan fingerprint density at radius 2 is 2.03 bits per heavy atom. The first kappa shape index (κ1) is 18.3. The number of methoxy groups -OCH3 is 1. The number of nitrogens with zero attached hydrogens (tertiary/aromatic N) is 4. The molecule has 0 saturated heterocycles. The first-order valence-electron chi connectivity index (χ1n) is 11.4. The number of rotatable bonds is 6. The average Bonchev–Trinajstić information content (AvgIpc) is 2.76. The summed E-state index contributed by atoms with van der Waals surface area (Å²) in [7, 11) is 1.48. The number of nitrogens with one attached hydrogen (secondary N) is 2. The SMILES string of the molecule is [2H]C([2H])([2H])NC(=O)c1nnc(Cl)cc1Nc1cc(C)cc(-c2cnc(C3(O)CCC3)cn2)c1OC. The number of carbonyl (C=O) groups excluding carboxylic acids is 1. The number of ether oxygens (including phenoxy) is 1. The summed E-state index contributed by atoms with van der Waals surface area (Å²) in [5, 5.41) is 22.9. The van der Waals surface area contributed by atoms with E-state index in [1.54, 1.807) is 18.5 Å². The lowest BCUT2D eigenvalue weighted by Crippen LogP contribution is -2.34. The Morgan fingerprint density at radius 1 is 1.22 bits per heavy atom. The Morgan fingerprint density at radius 3 is 2.66 bits per heavy atom.